The summed E-state index contributed by atoms with van der Waals surface area (Å²) in [5, 5.41) is 0.383. The molecule has 3 rings (SSSR count). The first-order valence-electron chi connectivity index (χ1n) is 7.63. The van der Waals surface area contributed by atoms with Crippen LogP contribution in [0.3, 0.4) is 0 Å². The van der Waals surface area contributed by atoms with E-state index in [9.17, 15) is 13.2 Å². The van der Waals surface area contributed by atoms with Gasteiger partial charge in [-0.25, -0.2) is 18.1 Å². The number of nitrogens with one attached hydrogen (secondary N) is 1. The average molecular weight is 489 g/mol. The third kappa shape index (κ3) is 4.08. The van der Waals surface area contributed by atoms with Crippen LogP contribution in [-0.2, 0) is 14.8 Å². The molecule has 0 fully saturated rings. The van der Waals surface area contributed by atoms with Gasteiger partial charge in [0.1, 0.15) is 16.3 Å². The number of sulfonamides is 1. The van der Waals surface area contributed by atoms with Gasteiger partial charge in [-0.2, -0.15) is 0 Å². The van der Waals surface area contributed by atoms with E-state index in [0.717, 1.165) is 0 Å². The Hall–Kier alpha value is -1.74. The fourth-order valence-electron chi connectivity index (χ4n) is 2.52. The van der Waals surface area contributed by atoms with Crippen LogP contribution in [0.4, 0.5) is 0 Å². The van der Waals surface area contributed by atoms with Gasteiger partial charge < -0.3 is 0 Å². The summed E-state index contributed by atoms with van der Waals surface area (Å²) < 4.78 is 27.4. The van der Waals surface area contributed by atoms with E-state index in [-0.39, 0.29) is 26.0 Å². The van der Waals surface area contributed by atoms with Crippen LogP contribution in [-0.4, -0.2) is 25.0 Å². The molecule has 6 nitrogen and oxygen atoms in total. The molecule has 0 spiro atoms. The summed E-state index contributed by atoms with van der Waals surface area (Å²) in [6.45, 7) is 1.81. The quantitative estimate of drug-likeness (QED) is 0.704. The smallest absolute Gasteiger partial charge is 0.266 e. The van der Waals surface area contributed by atoms with Crippen molar-refractivity contribution in [2.75, 3.05) is 0 Å². The maximum Gasteiger partial charge on any atom is 0.283 e. The lowest BCUT2D eigenvalue weighted by Crippen LogP contribution is -2.31. The van der Waals surface area contributed by atoms with E-state index in [1.165, 1.54) is 12.1 Å². The lowest BCUT2D eigenvalue weighted by atomic mass is 10.0. The summed E-state index contributed by atoms with van der Waals surface area (Å²) in [7, 11) is -4.20. The lowest BCUT2D eigenvalue weighted by molar-refractivity contribution is -0.115. The zero-order valence-corrected chi connectivity index (χ0v) is 17.7. The van der Waals surface area contributed by atoms with Gasteiger partial charge in [0.15, 0.2) is 0 Å². The Morgan fingerprint density at radius 1 is 1.19 bits per heavy atom. The summed E-state index contributed by atoms with van der Waals surface area (Å²) in [5.41, 5.74) is 0.899. The van der Waals surface area contributed by atoms with Gasteiger partial charge in [0.2, 0.25) is 0 Å². The number of aliphatic imine (C=N–C) groups is 1. The number of carbonyl (C=O) groups excluding carboxylic acids is 1. The molecule has 2 aromatic rings. The molecule has 27 heavy (non-hydrogen) atoms. The van der Waals surface area contributed by atoms with Crippen molar-refractivity contribution in [3.05, 3.63) is 68.5 Å². The first-order chi connectivity index (χ1) is 12.7. The van der Waals surface area contributed by atoms with E-state index >= 15 is 0 Å². The molecule has 1 aliphatic rings. The molecule has 0 unspecified atom stereocenters. The molecule has 0 bridgehead atoms. The Kier molecular flexibility index (Phi) is 5.71. The van der Waals surface area contributed by atoms with Gasteiger partial charge in [-0.3, -0.25) is 9.78 Å². The molecule has 140 valence electrons. The molecule has 2 heterocycles. The minimum Gasteiger partial charge on any atom is -0.266 e. The summed E-state index contributed by atoms with van der Waals surface area (Å²) in [5.74, 6) is -1.12. The minimum absolute atomic E-state index is 0.0112. The average Bonchev–Trinajstić information content (AvgIpc) is 2.96. The molecule has 1 amide bonds. The number of halogens is 3. The molecule has 0 radical (unpaired) electrons. The number of benzene rings is 1. The van der Waals surface area contributed by atoms with Gasteiger partial charge in [-0.05, 0) is 46.3 Å². The Balaban J connectivity index is 1.89. The lowest BCUT2D eigenvalue weighted by Gasteiger charge is -2.09. The van der Waals surface area contributed by atoms with Crippen molar-refractivity contribution in [2.45, 2.75) is 11.8 Å². The van der Waals surface area contributed by atoms with E-state index in [1.54, 1.807) is 30.5 Å². The van der Waals surface area contributed by atoms with E-state index in [2.05, 4.69) is 25.9 Å². The normalized spacial score (nSPS) is 16.7. The highest BCUT2D eigenvalue weighted by atomic mass is 79.9. The van der Waals surface area contributed by atoms with Crippen LogP contribution in [0.1, 0.15) is 12.6 Å². The largest absolute Gasteiger partial charge is 0.283 e. The van der Waals surface area contributed by atoms with Crippen LogP contribution in [0, 0.1) is 5.92 Å². The fourth-order valence-corrected chi connectivity index (χ4v) is 5.44. The first-order valence-corrected chi connectivity index (χ1v) is 10.7. The van der Waals surface area contributed by atoms with Gasteiger partial charge in [0, 0.05) is 16.6 Å². The van der Waals surface area contributed by atoms with Crippen LogP contribution in [0.2, 0.25) is 10.0 Å². The molecule has 0 saturated heterocycles. The van der Waals surface area contributed by atoms with Crippen molar-refractivity contribution in [3.63, 3.8) is 0 Å². The molecular weight excluding hydrogens is 477 g/mol. The SMILES string of the molecule is C[C@H]1C=C(C(=O)NS(=O)(=O)c2c(Cl)cccc2Br)N=C1c1ncccc1Cl. The first kappa shape index (κ1) is 20.0. The molecule has 0 aliphatic carbocycles. The second-order valence-electron chi connectivity index (χ2n) is 5.66. The van der Waals surface area contributed by atoms with Gasteiger partial charge in [0.05, 0.1) is 15.8 Å². The molecule has 1 atom stereocenters. The Morgan fingerprint density at radius 2 is 1.89 bits per heavy atom. The van der Waals surface area contributed by atoms with E-state index < -0.39 is 15.9 Å². The number of nitrogens with zero attached hydrogens (tertiary/aromatic N) is 2. The Morgan fingerprint density at radius 3 is 2.56 bits per heavy atom. The summed E-state index contributed by atoms with van der Waals surface area (Å²) >= 11 is 15.2. The number of aromatic nitrogens is 1. The molecule has 1 N–H and O–H groups in total. The molecule has 1 aromatic carbocycles. The molecule has 1 aromatic heterocycles. The third-order valence-corrected chi connectivity index (χ3v) is 6.82. The van der Waals surface area contributed by atoms with Crippen LogP contribution in [0.25, 0.3) is 0 Å². The molecule has 0 saturated carbocycles. The number of rotatable bonds is 4. The number of hydrogen-bond donors (Lipinski definition) is 1. The van der Waals surface area contributed by atoms with Gasteiger partial charge in [0.25, 0.3) is 15.9 Å². The zero-order chi connectivity index (χ0) is 19.8. The van der Waals surface area contributed by atoms with Crippen LogP contribution in [0.15, 0.2) is 62.7 Å². The summed E-state index contributed by atoms with van der Waals surface area (Å²) in [4.78, 5) is 20.7. The standard InChI is InChI=1S/C17H12BrCl2N3O3S/c1-9-8-13(22-14(9)15-11(19)6-3-7-21-15)17(24)23-27(25,26)16-10(18)4-2-5-12(16)20/h2-9H,1H3,(H,23,24)/t9-/m0/s1. The number of pyridine rings is 1. The fraction of sp³-hybridized carbons (Fsp3) is 0.118. The highest BCUT2D eigenvalue weighted by Gasteiger charge is 2.29. The Labute approximate surface area is 174 Å². The summed E-state index contributed by atoms with van der Waals surface area (Å²) in [6, 6.07) is 7.86. The van der Waals surface area contributed by atoms with Crippen LogP contribution >= 0.6 is 39.1 Å². The van der Waals surface area contributed by atoms with Crippen molar-refractivity contribution in [1.82, 2.24) is 9.71 Å². The van der Waals surface area contributed by atoms with Crippen LogP contribution < -0.4 is 4.72 Å². The minimum atomic E-state index is -4.20. The predicted octanol–water partition coefficient (Wildman–Crippen LogP) is 3.98. The highest BCUT2D eigenvalue weighted by Crippen LogP contribution is 2.30. The van der Waals surface area contributed by atoms with Crippen LogP contribution in [0.5, 0.6) is 0 Å². The van der Waals surface area contributed by atoms with E-state index in [0.29, 0.717) is 16.4 Å². The maximum atomic E-state index is 12.6. The van der Waals surface area contributed by atoms with Crippen molar-refractivity contribution in [1.29, 1.82) is 0 Å². The number of allylic oxidation sites excluding steroid dienone is 1. The highest BCUT2D eigenvalue weighted by molar-refractivity contribution is 9.10. The van der Waals surface area contributed by atoms with Gasteiger partial charge in [-0.1, -0.05) is 36.2 Å². The third-order valence-electron chi connectivity index (χ3n) is 3.73. The van der Waals surface area contributed by atoms with E-state index in [4.69, 9.17) is 23.2 Å². The number of carbonyl (C=O) groups is 1. The number of hydrogen-bond acceptors (Lipinski definition) is 5. The number of amides is 1. The van der Waals surface area contributed by atoms with E-state index in [1.807, 2.05) is 11.6 Å². The summed E-state index contributed by atoms with van der Waals surface area (Å²) in [6.07, 6.45) is 3.11. The predicted molar refractivity (Wildman–Crippen MR) is 108 cm³/mol. The van der Waals surface area contributed by atoms with Crippen molar-refractivity contribution >= 4 is 60.8 Å². The van der Waals surface area contributed by atoms with Gasteiger partial charge in [-0.15, -0.1) is 0 Å². The van der Waals surface area contributed by atoms with Crippen molar-refractivity contribution < 1.29 is 13.2 Å². The zero-order valence-electron chi connectivity index (χ0n) is 13.8. The monoisotopic (exact) mass is 487 g/mol. The topological polar surface area (TPSA) is 88.5 Å². The van der Waals surface area contributed by atoms with Crippen molar-refractivity contribution in [2.24, 2.45) is 10.9 Å². The molecule has 10 heteroatoms. The second kappa shape index (κ2) is 7.71. The second-order valence-corrected chi connectivity index (χ2v) is 8.94. The van der Waals surface area contributed by atoms with Gasteiger partial charge >= 0.3 is 0 Å². The maximum absolute atomic E-state index is 12.6. The molecular formula is C17H12BrCl2N3O3S. The van der Waals surface area contributed by atoms with Crippen molar-refractivity contribution in [3.8, 4) is 0 Å². The molecule has 1 aliphatic heterocycles. The Bertz CT molecular complexity index is 1080.